The molecule has 0 atom stereocenters. The first-order valence-corrected chi connectivity index (χ1v) is 5.61. The van der Waals surface area contributed by atoms with Gasteiger partial charge in [0.1, 0.15) is 0 Å². The number of ether oxygens (including phenoxy) is 1. The third kappa shape index (κ3) is 6.39. The van der Waals surface area contributed by atoms with Gasteiger partial charge in [-0.2, -0.15) is 0 Å². The van der Waals surface area contributed by atoms with Crippen molar-refractivity contribution in [1.82, 2.24) is 0 Å². The fraction of sp³-hybridized carbons (Fsp3) is 1.00. The SMILES string of the molecule is CCCC(C)(C)COCC(C)(C)CN. The first-order valence-electron chi connectivity index (χ1n) is 5.61. The molecule has 0 aliphatic rings. The molecule has 0 spiro atoms. The van der Waals surface area contributed by atoms with E-state index in [-0.39, 0.29) is 5.41 Å². The number of rotatable bonds is 7. The van der Waals surface area contributed by atoms with Crippen LogP contribution in [-0.4, -0.2) is 19.8 Å². The summed E-state index contributed by atoms with van der Waals surface area (Å²) in [5.74, 6) is 0. The summed E-state index contributed by atoms with van der Waals surface area (Å²) < 4.78 is 5.73. The van der Waals surface area contributed by atoms with Gasteiger partial charge in [0.05, 0.1) is 13.2 Å². The highest BCUT2D eigenvalue weighted by molar-refractivity contribution is 4.71. The van der Waals surface area contributed by atoms with E-state index in [0.717, 1.165) is 13.2 Å². The molecule has 2 N–H and O–H groups in total. The Hall–Kier alpha value is -0.0800. The summed E-state index contributed by atoms with van der Waals surface area (Å²) in [5.41, 5.74) is 6.05. The van der Waals surface area contributed by atoms with Crippen molar-refractivity contribution >= 4 is 0 Å². The van der Waals surface area contributed by atoms with Gasteiger partial charge in [-0.25, -0.2) is 0 Å². The van der Waals surface area contributed by atoms with Crippen molar-refractivity contribution in [1.29, 1.82) is 0 Å². The number of hydrogen-bond donors (Lipinski definition) is 1. The molecular formula is C12H27NO. The highest BCUT2D eigenvalue weighted by Crippen LogP contribution is 2.23. The summed E-state index contributed by atoms with van der Waals surface area (Å²) in [4.78, 5) is 0. The molecule has 0 aromatic carbocycles. The van der Waals surface area contributed by atoms with Gasteiger partial charge in [-0.05, 0) is 18.4 Å². The van der Waals surface area contributed by atoms with Crippen LogP contribution in [0.15, 0.2) is 0 Å². The molecule has 0 saturated carbocycles. The van der Waals surface area contributed by atoms with Crippen LogP contribution in [0.3, 0.4) is 0 Å². The predicted molar refractivity (Wildman–Crippen MR) is 62.3 cm³/mol. The minimum atomic E-state index is 0.113. The van der Waals surface area contributed by atoms with Gasteiger partial charge in [-0.1, -0.05) is 41.0 Å². The lowest BCUT2D eigenvalue weighted by molar-refractivity contribution is 0.0150. The molecule has 0 amide bonds. The molecule has 86 valence electrons. The number of hydrogen-bond acceptors (Lipinski definition) is 2. The van der Waals surface area contributed by atoms with Crippen LogP contribution in [0.25, 0.3) is 0 Å². The molecule has 0 aliphatic carbocycles. The zero-order valence-corrected chi connectivity index (χ0v) is 10.5. The molecule has 0 rings (SSSR count). The fourth-order valence-corrected chi connectivity index (χ4v) is 1.41. The first-order chi connectivity index (χ1) is 6.33. The van der Waals surface area contributed by atoms with E-state index in [2.05, 4.69) is 34.6 Å². The minimum absolute atomic E-state index is 0.113. The van der Waals surface area contributed by atoms with Crippen molar-refractivity contribution in [3.63, 3.8) is 0 Å². The van der Waals surface area contributed by atoms with E-state index in [0.29, 0.717) is 12.0 Å². The Kier molecular flexibility index (Phi) is 5.68. The Bertz CT molecular complexity index is 152. The Balaban J connectivity index is 3.73. The smallest absolute Gasteiger partial charge is 0.0529 e. The van der Waals surface area contributed by atoms with Crippen LogP contribution >= 0.6 is 0 Å². The third-order valence-corrected chi connectivity index (χ3v) is 2.46. The maximum atomic E-state index is 5.73. The van der Waals surface area contributed by atoms with Gasteiger partial charge in [0.15, 0.2) is 0 Å². The maximum Gasteiger partial charge on any atom is 0.0529 e. The average Bonchev–Trinajstić information content (AvgIpc) is 2.03. The second-order valence-corrected chi connectivity index (χ2v) is 5.78. The second-order valence-electron chi connectivity index (χ2n) is 5.78. The van der Waals surface area contributed by atoms with Gasteiger partial charge in [0.25, 0.3) is 0 Å². The van der Waals surface area contributed by atoms with Crippen molar-refractivity contribution in [2.24, 2.45) is 16.6 Å². The Morgan fingerprint density at radius 2 is 1.50 bits per heavy atom. The lowest BCUT2D eigenvalue weighted by Gasteiger charge is -2.28. The summed E-state index contributed by atoms with van der Waals surface area (Å²) in [6.07, 6.45) is 2.44. The van der Waals surface area contributed by atoms with Crippen LogP contribution in [0, 0.1) is 10.8 Å². The van der Waals surface area contributed by atoms with Crippen LogP contribution in [0.2, 0.25) is 0 Å². The van der Waals surface area contributed by atoms with Crippen molar-refractivity contribution in [3.8, 4) is 0 Å². The normalized spacial score (nSPS) is 13.3. The van der Waals surface area contributed by atoms with E-state index in [9.17, 15) is 0 Å². The van der Waals surface area contributed by atoms with Gasteiger partial charge in [-0.3, -0.25) is 0 Å². The third-order valence-electron chi connectivity index (χ3n) is 2.46. The van der Waals surface area contributed by atoms with Gasteiger partial charge >= 0.3 is 0 Å². The van der Waals surface area contributed by atoms with E-state index in [4.69, 9.17) is 10.5 Å². The van der Waals surface area contributed by atoms with Crippen molar-refractivity contribution in [2.75, 3.05) is 19.8 Å². The van der Waals surface area contributed by atoms with E-state index in [1.54, 1.807) is 0 Å². The average molecular weight is 201 g/mol. The summed E-state index contributed by atoms with van der Waals surface area (Å²) >= 11 is 0. The maximum absolute atomic E-state index is 5.73. The molecule has 0 fully saturated rings. The van der Waals surface area contributed by atoms with E-state index in [1.165, 1.54) is 12.8 Å². The van der Waals surface area contributed by atoms with Gasteiger partial charge in [0, 0.05) is 5.41 Å². The number of nitrogens with two attached hydrogens (primary N) is 1. The van der Waals surface area contributed by atoms with Gasteiger partial charge in [-0.15, -0.1) is 0 Å². The van der Waals surface area contributed by atoms with Crippen LogP contribution in [0.4, 0.5) is 0 Å². The Morgan fingerprint density at radius 1 is 1.00 bits per heavy atom. The fourth-order valence-electron chi connectivity index (χ4n) is 1.41. The van der Waals surface area contributed by atoms with E-state index >= 15 is 0 Å². The highest BCUT2D eigenvalue weighted by atomic mass is 16.5. The van der Waals surface area contributed by atoms with Crippen molar-refractivity contribution in [3.05, 3.63) is 0 Å². The van der Waals surface area contributed by atoms with Crippen molar-refractivity contribution in [2.45, 2.75) is 47.5 Å². The zero-order chi connectivity index (χ0) is 11.2. The molecule has 0 aromatic rings. The highest BCUT2D eigenvalue weighted by Gasteiger charge is 2.20. The van der Waals surface area contributed by atoms with Crippen LogP contribution < -0.4 is 5.73 Å². The zero-order valence-electron chi connectivity index (χ0n) is 10.5. The molecule has 0 radical (unpaired) electrons. The monoisotopic (exact) mass is 201 g/mol. The molecule has 14 heavy (non-hydrogen) atoms. The van der Waals surface area contributed by atoms with Crippen LogP contribution in [-0.2, 0) is 4.74 Å². The standard InChI is InChI=1S/C12H27NO/c1-6-7-11(2,3)9-14-10-12(4,5)8-13/h6-10,13H2,1-5H3. The minimum Gasteiger partial charge on any atom is -0.380 e. The van der Waals surface area contributed by atoms with Crippen LogP contribution in [0.5, 0.6) is 0 Å². The van der Waals surface area contributed by atoms with Gasteiger partial charge in [0.2, 0.25) is 0 Å². The topological polar surface area (TPSA) is 35.2 Å². The predicted octanol–water partition coefficient (Wildman–Crippen LogP) is 2.81. The Labute approximate surface area is 89.2 Å². The van der Waals surface area contributed by atoms with E-state index < -0.39 is 0 Å². The molecule has 0 unspecified atom stereocenters. The quantitative estimate of drug-likeness (QED) is 0.687. The molecule has 0 aromatic heterocycles. The molecule has 2 nitrogen and oxygen atoms in total. The van der Waals surface area contributed by atoms with E-state index in [1.807, 2.05) is 0 Å². The Morgan fingerprint density at radius 3 is 1.93 bits per heavy atom. The first kappa shape index (κ1) is 13.9. The summed E-state index contributed by atoms with van der Waals surface area (Å²) in [7, 11) is 0. The largest absolute Gasteiger partial charge is 0.380 e. The summed E-state index contributed by atoms with van der Waals surface area (Å²) in [6.45, 7) is 13.3. The van der Waals surface area contributed by atoms with Crippen molar-refractivity contribution < 1.29 is 4.74 Å². The molecule has 0 heterocycles. The molecule has 2 heteroatoms. The molecular weight excluding hydrogens is 174 g/mol. The molecule has 0 aliphatic heterocycles. The lowest BCUT2D eigenvalue weighted by Crippen LogP contribution is -2.31. The van der Waals surface area contributed by atoms with Crippen LogP contribution in [0.1, 0.15) is 47.5 Å². The summed E-state index contributed by atoms with van der Waals surface area (Å²) in [5, 5.41) is 0. The lowest BCUT2D eigenvalue weighted by atomic mass is 9.89. The molecule has 0 bridgehead atoms. The second kappa shape index (κ2) is 5.72. The summed E-state index contributed by atoms with van der Waals surface area (Å²) in [6, 6.07) is 0. The molecule has 0 saturated heterocycles. The van der Waals surface area contributed by atoms with Gasteiger partial charge < -0.3 is 10.5 Å².